The van der Waals surface area contributed by atoms with Crippen LogP contribution in [0.2, 0.25) is 0 Å². The number of hydrogen-bond donors (Lipinski definition) is 1. The molecule has 1 atom stereocenters. The van der Waals surface area contributed by atoms with Crippen LogP contribution in [0.3, 0.4) is 0 Å². The summed E-state index contributed by atoms with van der Waals surface area (Å²) in [6.45, 7) is 6.34. The molecule has 1 aliphatic heterocycles. The summed E-state index contributed by atoms with van der Waals surface area (Å²) in [5, 5.41) is 3.01. The first-order valence-corrected chi connectivity index (χ1v) is 8.11. The molecule has 3 heterocycles. The van der Waals surface area contributed by atoms with Gasteiger partial charge >= 0.3 is 6.03 Å². The molecule has 1 fully saturated rings. The van der Waals surface area contributed by atoms with E-state index in [0.29, 0.717) is 12.5 Å². The van der Waals surface area contributed by atoms with Gasteiger partial charge in [0.05, 0.1) is 0 Å². The summed E-state index contributed by atoms with van der Waals surface area (Å²) < 4.78 is 1.93. The third kappa shape index (κ3) is 3.70. The number of carbonyl (C=O) groups excluding carboxylic acids is 1. The molecule has 2 aromatic heterocycles. The van der Waals surface area contributed by atoms with Crippen molar-refractivity contribution in [2.24, 2.45) is 5.92 Å². The highest BCUT2D eigenvalue weighted by Crippen LogP contribution is 2.15. The number of nitrogens with zero attached hydrogens (tertiary/aromatic N) is 4. The first-order chi connectivity index (χ1) is 11.1. The fraction of sp³-hybridized carbons (Fsp3) is 0.471. The van der Waals surface area contributed by atoms with Crippen molar-refractivity contribution in [3.05, 3.63) is 42.1 Å². The summed E-state index contributed by atoms with van der Waals surface area (Å²) in [6, 6.07) is 3.93. The SMILES string of the molecule is Cc1nccn1-c1cc(CNC(=O)N2CCC[C@@H](C)C2)ccn1. The maximum atomic E-state index is 12.3. The van der Waals surface area contributed by atoms with Crippen LogP contribution in [0.15, 0.2) is 30.7 Å². The predicted molar refractivity (Wildman–Crippen MR) is 88.3 cm³/mol. The highest BCUT2D eigenvalue weighted by Gasteiger charge is 2.20. The molecule has 3 rings (SSSR count). The average Bonchev–Trinajstić information content (AvgIpc) is 2.99. The highest BCUT2D eigenvalue weighted by molar-refractivity contribution is 5.74. The molecular weight excluding hydrogens is 290 g/mol. The largest absolute Gasteiger partial charge is 0.334 e. The van der Waals surface area contributed by atoms with Crippen LogP contribution in [0.1, 0.15) is 31.2 Å². The van der Waals surface area contributed by atoms with Gasteiger partial charge in [0, 0.05) is 38.2 Å². The summed E-state index contributed by atoms with van der Waals surface area (Å²) in [5.41, 5.74) is 1.03. The highest BCUT2D eigenvalue weighted by atomic mass is 16.2. The Bertz CT molecular complexity index is 681. The van der Waals surface area contributed by atoms with E-state index in [9.17, 15) is 4.79 Å². The molecule has 2 amide bonds. The van der Waals surface area contributed by atoms with Crippen LogP contribution in [-0.2, 0) is 6.54 Å². The van der Waals surface area contributed by atoms with Crippen LogP contribution in [-0.4, -0.2) is 38.6 Å². The van der Waals surface area contributed by atoms with Gasteiger partial charge < -0.3 is 10.2 Å². The van der Waals surface area contributed by atoms with Crippen LogP contribution in [0.4, 0.5) is 4.79 Å². The molecule has 1 N–H and O–H groups in total. The molecule has 6 nitrogen and oxygen atoms in total. The van der Waals surface area contributed by atoms with E-state index in [2.05, 4.69) is 22.2 Å². The molecular formula is C17H23N5O. The van der Waals surface area contributed by atoms with Crippen LogP contribution in [0.25, 0.3) is 5.82 Å². The smallest absolute Gasteiger partial charge is 0.317 e. The summed E-state index contributed by atoms with van der Waals surface area (Å²) in [5.74, 6) is 2.30. The van der Waals surface area contributed by atoms with Gasteiger partial charge in [-0.2, -0.15) is 0 Å². The van der Waals surface area contributed by atoms with E-state index in [1.807, 2.05) is 34.7 Å². The molecule has 0 aliphatic carbocycles. The van der Waals surface area contributed by atoms with E-state index >= 15 is 0 Å². The average molecular weight is 313 g/mol. The molecule has 0 unspecified atom stereocenters. The van der Waals surface area contributed by atoms with Gasteiger partial charge in [-0.05, 0) is 43.4 Å². The van der Waals surface area contributed by atoms with E-state index < -0.39 is 0 Å². The van der Waals surface area contributed by atoms with Crippen molar-refractivity contribution in [2.75, 3.05) is 13.1 Å². The molecule has 2 aromatic rings. The second kappa shape index (κ2) is 6.81. The Morgan fingerprint density at radius 2 is 2.26 bits per heavy atom. The van der Waals surface area contributed by atoms with Crippen LogP contribution >= 0.6 is 0 Å². The fourth-order valence-electron chi connectivity index (χ4n) is 2.99. The summed E-state index contributed by atoms with van der Waals surface area (Å²) in [4.78, 5) is 22.8. The molecule has 0 bridgehead atoms. The van der Waals surface area contributed by atoms with Gasteiger partial charge in [-0.25, -0.2) is 14.8 Å². The van der Waals surface area contributed by atoms with E-state index in [1.54, 1.807) is 12.4 Å². The Morgan fingerprint density at radius 3 is 3.00 bits per heavy atom. The number of aromatic nitrogens is 3. The Hall–Kier alpha value is -2.37. The minimum absolute atomic E-state index is 0.0220. The van der Waals surface area contributed by atoms with Crippen molar-refractivity contribution in [2.45, 2.75) is 33.2 Å². The van der Waals surface area contributed by atoms with Crippen molar-refractivity contribution in [1.82, 2.24) is 24.8 Å². The van der Waals surface area contributed by atoms with Crippen molar-refractivity contribution in [3.63, 3.8) is 0 Å². The first kappa shape index (κ1) is 15.5. The molecule has 0 radical (unpaired) electrons. The molecule has 1 aliphatic rings. The molecule has 0 saturated carbocycles. The number of nitrogens with one attached hydrogen (secondary N) is 1. The zero-order chi connectivity index (χ0) is 16.2. The van der Waals surface area contributed by atoms with Gasteiger partial charge in [-0.15, -0.1) is 0 Å². The van der Waals surface area contributed by atoms with Crippen LogP contribution < -0.4 is 5.32 Å². The molecule has 0 spiro atoms. The molecule has 1 saturated heterocycles. The van der Waals surface area contributed by atoms with Gasteiger partial charge in [0.15, 0.2) is 0 Å². The predicted octanol–water partition coefficient (Wildman–Crippen LogP) is 2.52. The number of imidazole rings is 1. The van der Waals surface area contributed by atoms with E-state index in [1.165, 1.54) is 6.42 Å². The lowest BCUT2D eigenvalue weighted by Crippen LogP contribution is -2.44. The molecule has 122 valence electrons. The third-order valence-corrected chi connectivity index (χ3v) is 4.27. The second-order valence-corrected chi connectivity index (χ2v) is 6.22. The lowest BCUT2D eigenvalue weighted by Gasteiger charge is -2.30. The van der Waals surface area contributed by atoms with E-state index in [0.717, 1.165) is 36.7 Å². The normalized spacial score (nSPS) is 18.0. The Kier molecular flexibility index (Phi) is 4.60. The van der Waals surface area contributed by atoms with E-state index in [-0.39, 0.29) is 6.03 Å². The lowest BCUT2D eigenvalue weighted by atomic mass is 10.0. The van der Waals surface area contributed by atoms with Crippen molar-refractivity contribution < 1.29 is 4.79 Å². The van der Waals surface area contributed by atoms with Crippen LogP contribution in [0.5, 0.6) is 0 Å². The monoisotopic (exact) mass is 313 g/mol. The molecule has 23 heavy (non-hydrogen) atoms. The summed E-state index contributed by atoms with van der Waals surface area (Å²) in [7, 11) is 0. The maximum absolute atomic E-state index is 12.3. The number of piperidine rings is 1. The zero-order valence-electron chi connectivity index (χ0n) is 13.7. The number of aryl methyl sites for hydroxylation is 1. The minimum atomic E-state index is 0.0220. The quantitative estimate of drug-likeness (QED) is 0.947. The summed E-state index contributed by atoms with van der Waals surface area (Å²) >= 11 is 0. The van der Waals surface area contributed by atoms with Crippen molar-refractivity contribution >= 4 is 6.03 Å². The van der Waals surface area contributed by atoms with Gasteiger partial charge in [-0.3, -0.25) is 4.57 Å². The number of carbonyl (C=O) groups is 1. The standard InChI is InChI=1S/C17H23N5O/c1-13-4-3-8-21(12-13)17(23)20-11-15-5-6-19-16(10-15)22-9-7-18-14(22)2/h5-7,9-10,13H,3-4,8,11-12H2,1-2H3,(H,20,23)/t13-/m1/s1. The lowest BCUT2D eigenvalue weighted by molar-refractivity contribution is 0.169. The first-order valence-electron chi connectivity index (χ1n) is 8.11. The maximum Gasteiger partial charge on any atom is 0.317 e. The van der Waals surface area contributed by atoms with Gasteiger partial charge in [0.1, 0.15) is 11.6 Å². The van der Waals surface area contributed by atoms with Gasteiger partial charge in [-0.1, -0.05) is 6.92 Å². The Balaban J connectivity index is 1.62. The van der Waals surface area contributed by atoms with Crippen molar-refractivity contribution in [1.29, 1.82) is 0 Å². The fourth-order valence-corrected chi connectivity index (χ4v) is 2.99. The Morgan fingerprint density at radius 1 is 1.39 bits per heavy atom. The zero-order valence-corrected chi connectivity index (χ0v) is 13.7. The molecule has 0 aromatic carbocycles. The van der Waals surface area contributed by atoms with Gasteiger partial charge in [0.2, 0.25) is 0 Å². The van der Waals surface area contributed by atoms with Gasteiger partial charge in [0.25, 0.3) is 0 Å². The number of hydrogen-bond acceptors (Lipinski definition) is 3. The number of rotatable bonds is 3. The third-order valence-electron chi connectivity index (χ3n) is 4.27. The summed E-state index contributed by atoms with van der Waals surface area (Å²) in [6.07, 6.45) is 7.70. The molecule has 6 heteroatoms. The Labute approximate surface area is 136 Å². The van der Waals surface area contributed by atoms with E-state index in [4.69, 9.17) is 0 Å². The second-order valence-electron chi connectivity index (χ2n) is 6.22. The number of likely N-dealkylation sites (tertiary alicyclic amines) is 1. The number of urea groups is 1. The number of amides is 2. The van der Waals surface area contributed by atoms with Crippen LogP contribution in [0, 0.1) is 12.8 Å². The topological polar surface area (TPSA) is 63.1 Å². The number of pyridine rings is 1. The minimum Gasteiger partial charge on any atom is -0.334 e. The van der Waals surface area contributed by atoms with Crippen molar-refractivity contribution in [3.8, 4) is 5.82 Å².